The minimum atomic E-state index is -0.260. The summed E-state index contributed by atoms with van der Waals surface area (Å²) in [7, 11) is 0. The molecule has 1 amide bonds. The Morgan fingerprint density at radius 3 is 1.91 bits per heavy atom. The Kier molecular flexibility index (Phi) is 5.11. The second kappa shape index (κ2) is 8.24. The molecule has 6 nitrogen and oxygen atoms in total. The molecule has 0 saturated carbocycles. The number of hydrazone groups is 1. The number of hydrogen-bond donors (Lipinski definition) is 1. The molecule has 1 aromatic heterocycles. The monoisotopic (exact) mass is 434 g/mol. The molecule has 0 bridgehead atoms. The summed E-state index contributed by atoms with van der Waals surface area (Å²) in [6.45, 7) is 3.65. The number of amides is 1. The van der Waals surface area contributed by atoms with Gasteiger partial charge in [0.1, 0.15) is 0 Å². The fraction of sp³-hybridized carbons (Fsp3) is 0.0741. The minimum absolute atomic E-state index is 0.219. The normalized spacial score (nSPS) is 15.0. The molecule has 0 spiro atoms. The SMILES string of the molecule is CC1=NN(c2ccccc2)C(=O)C1=C(c1ccccc1)c1c(C)[nH]n(-c2ccccc2)c1=O. The van der Waals surface area contributed by atoms with E-state index >= 15 is 0 Å². The van der Waals surface area contributed by atoms with Gasteiger partial charge < -0.3 is 0 Å². The number of H-pyrrole nitrogens is 1. The lowest BCUT2D eigenvalue weighted by Gasteiger charge is -2.14. The third kappa shape index (κ3) is 3.51. The molecule has 0 aliphatic carbocycles. The highest BCUT2D eigenvalue weighted by atomic mass is 16.2. The second-order valence-corrected chi connectivity index (χ2v) is 7.84. The van der Waals surface area contributed by atoms with E-state index in [0.29, 0.717) is 33.8 Å². The van der Waals surface area contributed by atoms with Gasteiger partial charge in [-0.3, -0.25) is 14.7 Å². The van der Waals surface area contributed by atoms with Crippen molar-refractivity contribution in [3.8, 4) is 5.69 Å². The van der Waals surface area contributed by atoms with Gasteiger partial charge in [0.25, 0.3) is 11.5 Å². The molecule has 0 unspecified atom stereocenters. The maximum absolute atomic E-state index is 13.7. The van der Waals surface area contributed by atoms with Crippen LogP contribution in [0, 0.1) is 6.92 Å². The van der Waals surface area contributed by atoms with Gasteiger partial charge in [0, 0.05) is 11.3 Å². The first-order chi connectivity index (χ1) is 16.1. The molecule has 0 radical (unpaired) electrons. The van der Waals surface area contributed by atoms with Crippen molar-refractivity contribution < 1.29 is 4.79 Å². The second-order valence-electron chi connectivity index (χ2n) is 7.84. The Labute approximate surface area is 191 Å². The fourth-order valence-electron chi connectivity index (χ4n) is 4.16. The van der Waals surface area contributed by atoms with Crippen molar-refractivity contribution in [1.82, 2.24) is 9.78 Å². The van der Waals surface area contributed by atoms with Crippen LogP contribution in [0.3, 0.4) is 0 Å². The topological polar surface area (TPSA) is 70.5 Å². The summed E-state index contributed by atoms with van der Waals surface area (Å²) in [6.07, 6.45) is 0. The van der Waals surface area contributed by atoms with Crippen LogP contribution in [0.1, 0.15) is 23.7 Å². The average molecular weight is 434 g/mol. The number of carbonyl (C=O) groups is 1. The zero-order chi connectivity index (χ0) is 22.9. The lowest BCUT2D eigenvalue weighted by molar-refractivity contribution is -0.114. The minimum Gasteiger partial charge on any atom is -0.295 e. The van der Waals surface area contributed by atoms with Crippen LogP contribution < -0.4 is 10.6 Å². The summed E-state index contributed by atoms with van der Waals surface area (Å²) in [5.74, 6) is -0.260. The van der Waals surface area contributed by atoms with Crippen LogP contribution in [0.15, 0.2) is 106 Å². The molecule has 5 rings (SSSR count). The first-order valence-electron chi connectivity index (χ1n) is 10.7. The Balaban J connectivity index is 1.76. The summed E-state index contributed by atoms with van der Waals surface area (Å²) >= 11 is 0. The van der Waals surface area contributed by atoms with Gasteiger partial charge in [-0.05, 0) is 43.7 Å². The number of anilines is 1. The number of aromatic amines is 1. The smallest absolute Gasteiger partial charge is 0.281 e. The van der Waals surface area contributed by atoms with E-state index in [1.54, 1.807) is 6.92 Å². The van der Waals surface area contributed by atoms with Gasteiger partial charge in [-0.1, -0.05) is 66.7 Å². The molecule has 2 heterocycles. The highest BCUT2D eigenvalue weighted by molar-refractivity contribution is 6.34. The highest BCUT2D eigenvalue weighted by Gasteiger charge is 2.34. The lowest BCUT2D eigenvalue weighted by Crippen LogP contribution is -2.24. The predicted octanol–water partition coefficient (Wildman–Crippen LogP) is 4.70. The van der Waals surface area contributed by atoms with Crippen LogP contribution in [-0.2, 0) is 4.79 Å². The third-order valence-corrected chi connectivity index (χ3v) is 5.67. The van der Waals surface area contributed by atoms with E-state index in [9.17, 15) is 9.59 Å². The molecule has 0 atom stereocenters. The van der Waals surface area contributed by atoms with Gasteiger partial charge in [-0.25, -0.2) is 4.68 Å². The van der Waals surface area contributed by atoms with E-state index in [1.807, 2.05) is 97.9 Å². The van der Waals surface area contributed by atoms with Crippen molar-refractivity contribution >= 4 is 22.9 Å². The number of nitrogens with zero attached hydrogens (tertiary/aromatic N) is 3. The van der Waals surface area contributed by atoms with E-state index in [4.69, 9.17) is 0 Å². The van der Waals surface area contributed by atoms with Crippen molar-refractivity contribution in [2.24, 2.45) is 5.10 Å². The zero-order valence-electron chi connectivity index (χ0n) is 18.3. The van der Waals surface area contributed by atoms with Crippen LogP contribution in [-0.4, -0.2) is 21.4 Å². The molecule has 3 aromatic carbocycles. The van der Waals surface area contributed by atoms with Gasteiger partial charge in [-0.15, -0.1) is 0 Å². The van der Waals surface area contributed by atoms with E-state index < -0.39 is 0 Å². The van der Waals surface area contributed by atoms with Crippen LogP contribution in [0.2, 0.25) is 0 Å². The summed E-state index contributed by atoms with van der Waals surface area (Å²) in [4.78, 5) is 27.3. The zero-order valence-corrected chi connectivity index (χ0v) is 18.3. The molecule has 0 saturated heterocycles. The molecular weight excluding hydrogens is 412 g/mol. The van der Waals surface area contributed by atoms with Crippen molar-refractivity contribution in [1.29, 1.82) is 0 Å². The van der Waals surface area contributed by atoms with E-state index in [-0.39, 0.29) is 11.5 Å². The van der Waals surface area contributed by atoms with Gasteiger partial charge in [-0.2, -0.15) is 10.1 Å². The number of para-hydroxylation sites is 2. The van der Waals surface area contributed by atoms with Gasteiger partial charge in [0.2, 0.25) is 0 Å². The van der Waals surface area contributed by atoms with Gasteiger partial charge in [0.15, 0.2) is 0 Å². The number of benzene rings is 3. The Bertz CT molecular complexity index is 1450. The van der Waals surface area contributed by atoms with Crippen LogP contribution >= 0.6 is 0 Å². The summed E-state index contributed by atoms with van der Waals surface area (Å²) < 4.78 is 1.51. The fourth-order valence-corrected chi connectivity index (χ4v) is 4.16. The van der Waals surface area contributed by atoms with E-state index in [1.165, 1.54) is 9.69 Å². The first kappa shape index (κ1) is 20.5. The number of aryl methyl sites for hydroxylation is 1. The number of hydrogen-bond acceptors (Lipinski definition) is 3. The van der Waals surface area contributed by atoms with Crippen molar-refractivity contribution in [3.05, 3.63) is 124 Å². The van der Waals surface area contributed by atoms with E-state index in [0.717, 1.165) is 11.3 Å². The Hall–Kier alpha value is -4.45. The maximum Gasteiger partial charge on any atom is 0.281 e. The molecule has 1 aliphatic heterocycles. The number of aromatic nitrogens is 2. The molecule has 6 heteroatoms. The summed E-state index contributed by atoms with van der Waals surface area (Å²) in [5, 5.41) is 9.12. The molecule has 0 fully saturated rings. The van der Waals surface area contributed by atoms with E-state index in [2.05, 4.69) is 10.2 Å². The van der Waals surface area contributed by atoms with Crippen LogP contribution in [0.5, 0.6) is 0 Å². The molecule has 4 aromatic rings. The maximum atomic E-state index is 13.7. The Morgan fingerprint density at radius 1 is 0.758 bits per heavy atom. The third-order valence-electron chi connectivity index (χ3n) is 5.67. The average Bonchev–Trinajstić information content (AvgIpc) is 3.31. The lowest BCUT2D eigenvalue weighted by atomic mass is 9.91. The van der Waals surface area contributed by atoms with Crippen molar-refractivity contribution in [3.63, 3.8) is 0 Å². The molecule has 1 aliphatic rings. The van der Waals surface area contributed by atoms with Crippen LogP contribution in [0.4, 0.5) is 5.69 Å². The first-order valence-corrected chi connectivity index (χ1v) is 10.7. The highest BCUT2D eigenvalue weighted by Crippen LogP contribution is 2.33. The van der Waals surface area contributed by atoms with Crippen LogP contribution in [0.25, 0.3) is 11.3 Å². The molecular formula is C27H22N4O2. The predicted molar refractivity (Wildman–Crippen MR) is 131 cm³/mol. The quantitative estimate of drug-likeness (QED) is 0.473. The molecule has 162 valence electrons. The Morgan fingerprint density at radius 2 is 1.30 bits per heavy atom. The van der Waals surface area contributed by atoms with Crippen molar-refractivity contribution in [2.75, 3.05) is 5.01 Å². The molecule has 1 N–H and O–H groups in total. The number of rotatable bonds is 4. The molecule has 33 heavy (non-hydrogen) atoms. The summed E-state index contributed by atoms with van der Waals surface area (Å²) in [5.41, 5.74) is 4.66. The largest absolute Gasteiger partial charge is 0.295 e. The van der Waals surface area contributed by atoms with Gasteiger partial charge in [0.05, 0.1) is 28.2 Å². The van der Waals surface area contributed by atoms with Gasteiger partial charge >= 0.3 is 0 Å². The number of nitrogens with one attached hydrogen (secondary N) is 1. The summed E-state index contributed by atoms with van der Waals surface area (Å²) in [6, 6.07) is 28.2. The van der Waals surface area contributed by atoms with Crippen molar-refractivity contribution in [2.45, 2.75) is 13.8 Å². The number of carbonyl (C=O) groups excluding carboxylic acids is 1. The standard InChI is InChI=1S/C27H22N4O2/c1-18-23(26(32)30(28-18)21-14-8-4-9-15-21)25(20-12-6-3-7-13-20)24-19(2)29-31(27(24)33)22-16-10-5-11-17-22/h3-17,28H,1-2H3.